The van der Waals surface area contributed by atoms with Crippen LogP contribution in [0.1, 0.15) is 42.4 Å². The maximum absolute atomic E-state index is 11.7. The average molecular weight is 342 g/mol. The van der Waals surface area contributed by atoms with E-state index in [4.69, 9.17) is 15.1 Å². The highest BCUT2D eigenvalue weighted by Crippen LogP contribution is 2.14. The summed E-state index contributed by atoms with van der Waals surface area (Å²) in [6.45, 7) is 5.56. The van der Waals surface area contributed by atoms with E-state index in [1.807, 2.05) is 0 Å². The zero-order valence-electron chi connectivity index (χ0n) is 14.1. The van der Waals surface area contributed by atoms with Crippen LogP contribution >= 0.6 is 0 Å². The smallest absolute Gasteiger partial charge is 0.407 e. The number of nitrogens with one attached hydrogen (secondary N) is 1. The molecule has 2 aromatic rings. The van der Waals surface area contributed by atoms with Gasteiger partial charge in [0.2, 0.25) is 0 Å². The van der Waals surface area contributed by atoms with Crippen molar-refractivity contribution in [3.63, 3.8) is 0 Å². The molecule has 0 unspecified atom stereocenters. The van der Waals surface area contributed by atoms with Gasteiger partial charge in [0, 0.05) is 12.7 Å². The number of hydrogen-bond donors (Lipinski definition) is 2. The monoisotopic (exact) mass is 342 g/mol. The first kappa shape index (κ1) is 18.0. The number of carbonyl (C=O) groups excluding carboxylic acids is 1. The minimum atomic E-state index is -1.22. The molecule has 0 aliphatic heterocycles. The van der Waals surface area contributed by atoms with Crippen LogP contribution < -0.4 is 5.32 Å². The van der Waals surface area contributed by atoms with Crippen LogP contribution in [0.4, 0.5) is 4.79 Å². The van der Waals surface area contributed by atoms with Gasteiger partial charge >= 0.3 is 12.1 Å². The molecule has 0 fully saturated rings. The van der Waals surface area contributed by atoms with E-state index in [0.717, 1.165) is 5.56 Å². The highest BCUT2D eigenvalue weighted by atomic mass is 16.6. The molecule has 130 valence electrons. The van der Waals surface area contributed by atoms with E-state index in [1.165, 1.54) is 10.9 Å². The van der Waals surface area contributed by atoms with Crippen molar-refractivity contribution in [3.8, 4) is 11.8 Å². The second kappa shape index (κ2) is 7.05. The molecule has 1 heterocycles. The Kier molecular flexibility index (Phi) is 5.08. The minimum Gasteiger partial charge on any atom is -0.478 e. The largest absolute Gasteiger partial charge is 0.478 e. The van der Waals surface area contributed by atoms with Crippen LogP contribution in [-0.4, -0.2) is 32.6 Å². The number of benzene rings is 1. The summed E-state index contributed by atoms with van der Waals surface area (Å²) >= 11 is 0. The number of amides is 1. The number of carboxylic acid groups (broad SMARTS) is 1. The molecule has 1 amide bonds. The van der Waals surface area contributed by atoms with Gasteiger partial charge in [-0.25, -0.2) is 14.3 Å². The number of alkyl carbamates (subject to hydrolysis) is 1. The number of carboxylic acids is 1. The van der Waals surface area contributed by atoms with Crippen molar-refractivity contribution in [2.45, 2.75) is 32.9 Å². The Labute approximate surface area is 144 Å². The quantitative estimate of drug-likeness (QED) is 0.881. The third-order valence-electron chi connectivity index (χ3n) is 3.06. The maximum Gasteiger partial charge on any atom is 0.407 e. The Morgan fingerprint density at radius 2 is 2.12 bits per heavy atom. The van der Waals surface area contributed by atoms with Gasteiger partial charge in [-0.2, -0.15) is 10.4 Å². The second-order valence-corrected chi connectivity index (χ2v) is 6.28. The first-order valence-corrected chi connectivity index (χ1v) is 7.49. The third-order valence-corrected chi connectivity index (χ3v) is 3.06. The van der Waals surface area contributed by atoms with Gasteiger partial charge in [-0.15, -0.1) is 0 Å². The first-order chi connectivity index (χ1) is 11.7. The number of rotatable bonds is 4. The molecule has 1 aromatic heterocycles. The number of aromatic carboxylic acids is 1. The van der Waals surface area contributed by atoms with E-state index >= 15 is 0 Å². The zero-order valence-corrected chi connectivity index (χ0v) is 14.1. The Morgan fingerprint density at radius 3 is 2.68 bits per heavy atom. The van der Waals surface area contributed by atoms with Crippen molar-refractivity contribution in [1.82, 2.24) is 15.1 Å². The predicted molar refractivity (Wildman–Crippen MR) is 88.3 cm³/mol. The molecule has 0 aliphatic carbocycles. The lowest BCUT2D eigenvalue weighted by Crippen LogP contribution is -2.32. The SMILES string of the molecule is CC(C)(C)OC(=O)NCc1cccc(-n2cc(C(=O)O)c(C#N)n2)c1. The van der Waals surface area contributed by atoms with Crippen LogP contribution in [0.3, 0.4) is 0 Å². The minimum absolute atomic E-state index is 0.162. The molecule has 0 radical (unpaired) electrons. The Hall–Kier alpha value is -3.34. The highest BCUT2D eigenvalue weighted by molar-refractivity contribution is 5.89. The van der Waals surface area contributed by atoms with E-state index < -0.39 is 17.7 Å². The molecular formula is C17H18N4O4. The fourth-order valence-electron chi connectivity index (χ4n) is 2.04. The van der Waals surface area contributed by atoms with Gasteiger partial charge in [0.05, 0.1) is 5.69 Å². The molecule has 8 nitrogen and oxygen atoms in total. The lowest BCUT2D eigenvalue weighted by Gasteiger charge is -2.19. The Morgan fingerprint density at radius 1 is 1.40 bits per heavy atom. The van der Waals surface area contributed by atoms with E-state index in [9.17, 15) is 9.59 Å². The van der Waals surface area contributed by atoms with E-state index in [-0.39, 0.29) is 17.8 Å². The molecule has 0 atom stereocenters. The molecule has 2 rings (SSSR count). The molecule has 2 N–H and O–H groups in total. The van der Waals surface area contributed by atoms with Gasteiger partial charge in [-0.1, -0.05) is 12.1 Å². The molecule has 0 spiro atoms. The molecule has 0 aliphatic rings. The van der Waals surface area contributed by atoms with Crippen molar-refractivity contribution >= 4 is 12.1 Å². The number of hydrogen-bond acceptors (Lipinski definition) is 5. The van der Waals surface area contributed by atoms with Crippen molar-refractivity contribution in [1.29, 1.82) is 5.26 Å². The average Bonchev–Trinajstić information content (AvgIpc) is 2.96. The molecule has 1 aromatic carbocycles. The summed E-state index contributed by atoms with van der Waals surface area (Å²) < 4.78 is 6.48. The summed E-state index contributed by atoms with van der Waals surface area (Å²) in [6, 6.07) is 8.75. The van der Waals surface area contributed by atoms with Crippen LogP contribution in [-0.2, 0) is 11.3 Å². The van der Waals surface area contributed by atoms with Crippen molar-refractivity contribution in [2.75, 3.05) is 0 Å². The maximum atomic E-state index is 11.7. The molecule has 25 heavy (non-hydrogen) atoms. The number of aromatic nitrogens is 2. The summed E-state index contributed by atoms with van der Waals surface area (Å²) in [7, 11) is 0. The van der Waals surface area contributed by atoms with Gasteiger partial charge in [-0.05, 0) is 38.5 Å². The van der Waals surface area contributed by atoms with Crippen molar-refractivity contribution in [2.24, 2.45) is 0 Å². The van der Waals surface area contributed by atoms with Crippen molar-refractivity contribution in [3.05, 3.63) is 47.3 Å². The predicted octanol–water partition coefficient (Wildman–Crippen LogP) is 2.47. The van der Waals surface area contributed by atoms with Gasteiger partial charge in [-0.3, -0.25) is 0 Å². The number of carbonyl (C=O) groups is 2. The summed E-state index contributed by atoms with van der Waals surface area (Å²) in [5.41, 5.74) is 0.438. The fraction of sp³-hybridized carbons (Fsp3) is 0.294. The number of nitrogens with zero attached hydrogens (tertiary/aromatic N) is 3. The Bertz CT molecular complexity index is 843. The first-order valence-electron chi connectivity index (χ1n) is 7.49. The van der Waals surface area contributed by atoms with Crippen LogP contribution in [0, 0.1) is 11.3 Å². The molecule has 0 saturated carbocycles. The molecule has 0 bridgehead atoms. The number of ether oxygens (including phenoxy) is 1. The number of nitriles is 1. The zero-order chi connectivity index (χ0) is 18.6. The van der Waals surface area contributed by atoms with Crippen LogP contribution in [0.15, 0.2) is 30.5 Å². The fourth-order valence-corrected chi connectivity index (χ4v) is 2.04. The lowest BCUT2D eigenvalue weighted by atomic mass is 10.2. The van der Waals surface area contributed by atoms with Crippen LogP contribution in [0.25, 0.3) is 5.69 Å². The third kappa shape index (κ3) is 4.81. The summed E-state index contributed by atoms with van der Waals surface area (Å²) in [5, 5.41) is 24.7. The van der Waals surface area contributed by atoms with E-state index in [0.29, 0.717) is 5.69 Å². The van der Waals surface area contributed by atoms with Crippen LogP contribution in [0.5, 0.6) is 0 Å². The van der Waals surface area contributed by atoms with Gasteiger partial charge in [0.25, 0.3) is 0 Å². The summed E-state index contributed by atoms with van der Waals surface area (Å²) in [6.07, 6.45) is 0.748. The van der Waals surface area contributed by atoms with E-state index in [1.54, 1.807) is 51.1 Å². The lowest BCUT2D eigenvalue weighted by molar-refractivity contribution is 0.0523. The van der Waals surface area contributed by atoms with Crippen molar-refractivity contribution < 1.29 is 19.4 Å². The topological polar surface area (TPSA) is 117 Å². The van der Waals surface area contributed by atoms with Gasteiger partial charge in [0.1, 0.15) is 17.2 Å². The molecular weight excluding hydrogens is 324 g/mol. The second-order valence-electron chi connectivity index (χ2n) is 6.28. The normalized spacial score (nSPS) is 10.8. The highest BCUT2D eigenvalue weighted by Gasteiger charge is 2.17. The van der Waals surface area contributed by atoms with Gasteiger partial charge < -0.3 is 15.2 Å². The van der Waals surface area contributed by atoms with E-state index in [2.05, 4.69) is 10.4 Å². The summed E-state index contributed by atoms with van der Waals surface area (Å²) in [4.78, 5) is 22.8. The molecule has 0 saturated heterocycles. The van der Waals surface area contributed by atoms with Crippen LogP contribution in [0.2, 0.25) is 0 Å². The standard InChI is InChI=1S/C17H18N4O4/c1-17(2,3)25-16(24)19-9-11-5-4-6-12(7-11)21-10-13(15(22)23)14(8-18)20-21/h4-7,10H,9H2,1-3H3,(H,19,24)(H,22,23). The summed E-state index contributed by atoms with van der Waals surface area (Å²) in [5.74, 6) is -1.22. The Balaban J connectivity index is 2.16. The molecule has 8 heteroatoms. The van der Waals surface area contributed by atoms with Gasteiger partial charge in [0.15, 0.2) is 5.69 Å².